The Hall–Kier alpha value is -4.26. The predicted molar refractivity (Wildman–Crippen MR) is 195 cm³/mol. The van der Waals surface area contributed by atoms with Gasteiger partial charge in [0.1, 0.15) is 17.1 Å². The van der Waals surface area contributed by atoms with Gasteiger partial charge in [-0.3, -0.25) is 14.4 Å². The number of carbonyl (C=O) groups excluding carboxylic acids is 4. The molecule has 5 atom stereocenters. The molecule has 0 saturated carbocycles. The molecule has 0 radical (unpaired) electrons. The zero-order chi connectivity index (χ0) is 38.9. The summed E-state index contributed by atoms with van der Waals surface area (Å²) in [5.74, 6) is -3.17. The Balaban J connectivity index is 1.69. The van der Waals surface area contributed by atoms with E-state index in [1.54, 1.807) is 12.1 Å². The molecule has 290 valence electrons. The fourth-order valence-corrected chi connectivity index (χ4v) is 7.27. The molecule has 1 aliphatic rings. The standard InChI is InChI=1S/C40H52F4N4O5/c1-5-24(3)27(23-46-38(53)45-17-10-18-49)20-35(51)39(16-15-34-31(22-39)29-12-9-13-32(36(29)47-34)40(42,43)44)48-37(52)30(25(4)6-2)21-28(50)19-26-11-7-8-14-33(26)41/h7-9,11-14,24-25,27,30,47,49H,5-6,10,15-23H2,1-4H3,(H,48,52)(H2,45,46,53)/t24?,25?,27-,30+,39-/m1/s1. The van der Waals surface area contributed by atoms with Gasteiger partial charge in [0.15, 0.2) is 5.78 Å². The Morgan fingerprint density at radius 1 is 0.962 bits per heavy atom. The molecule has 1 heterocycles. The Morgan fingerprint density at radius 3 is 2.34 bits per heavy atom. The number of rotatable bonds is 18. The second kappa shape index (κ2) is 18.2. The summed E-state index contributed by atoms with van der Waals surface area (Å²) in [4.78, 5) is 57.8. The lowest BCUT2D eigenvalue weighted by Crippen LogP contribution is -2.60. The highest BCUT2D eigenvalue weighted by molar-refractivity contribution is 5.97. The van der Waals surface area contributed by atoms with E-state index in [2.05, 4.69) is 20.9 Å². The summed E-state index contributed by atoms with van der Waals surface area (Å²) < 4.78 is 56.5. The molecule has 2 unspecified atom stereocenters. The topological polar surface area (TPSA) is 140 Å². The predicted octanol–water partition coefficient (Wildman–Crippen LogP) is 6.84. The van der Waals surface area contributed by atoms with Crippen molar-refractivity contribution in [3.8, 4) is 0 Å². The molecule has 0 bridgehead atoms. The Morgan fingerprint density at radius 2 is 1.68 bits per heavy atom. The molecule has 0 saturated heterocycles. The molecule has 9 nitrogen and oxygen atoms in total. The number of urea groups is 1. The molecule has 2 aromatic carbocycles. The highest BCUT2D eigenvalue weighted by Crippen LogP contribution is 2.41. The van der Waals surface area contributed by atoms with E-state index in [0.717, 1.165) is 6.07 Å². The first-order chi connectivity index (χ1) is 25.1. The Kier molecular flexibility index (Phi) is 14.2. The largest absolute Gasteiger partial charge is 0.418 e. The number of halogens is 4. The van der Waals surface area contributed by atoms with Crippen molar-refractivity contribution >= 4 is 34.4 Å². The minimum Gasteiger partial charge on any atom is -0.396 e. The van der Waals surface area contributed by atoms with E-state index >= 15 is 0 Å². The van der Waals surface area contributed by atoms with Crippen LogP contribution in [-0.4, -0.2) is 58.8 Å². The van der Waals surface area contributed by atoms with Crippen molar-refractivity contribution in [1.82, 2.24) is 20.9 Å². The highest BCUT2D eigenvalue weighted by Gasteiger charge is 2.46. The van der Waals surface area contributed by atoms with Crippen molar-refractivity contribution < 1.29 is 41.8 Å². The van der Waals surface area contributed by atoms with Crippen LogP contribution in [-0.2, 0) is 39.8 Å². The number of Topliss-reactive ketones (excluding diaryl/α,β-unsaturated/α-hetero) is 2. The zero-order valence-corrected chi connectivity index (χ0v) is 30.9. The molecule has 5 N–H and O–H groups in total. The highest BCUT2D eigenvalue weighted by atomic mass is 19.4. The number of alkyl halides is 3. The summed E-state index contributed by atoms with van der Waals surface area (Å²) >= 11 is 0. The lowest BCUT2D eigenvalue weighted by atomic mass is 9.72. The first-order valence-corrected chi connectivity index (χ1v) is 18.6. The van der Waals surface area contributed by atoms with Gasteiger partial charge in [0.05, 0.1) is 11.1 Å². The van der Waals surface area contributed by atoms with Gasteiger partial charge in [-0.1, -0.05) is 70.9 Å². The number of aromatic amines is 1. The van der Waals surface area contributed by atoms with Crippen LogP contribution in [0, 0.1) is 29.5 Å². The van der Waals surface area contributed by atoms with E-state index in [4.69, 9.17) is 5.11 Å². The molecule has 4 rings (SSSR count). The SMILES string of the molecule is CCC(C)[C@@H](CNC(=O)NCCCO)CC(=O)[C@@]1(NC(=O)[C@@H](CC(=O)Cc2ccccc2F)C(C)CC)CCc2[nH]c3c(C(F)(F)F)cccc3c2C1. The minimum atomic E-state index is -4.62. The van der Waals surface area contributed by atoms with Gasteiger partial charge in [0.2, 0.25) is 5.91 Å². The van der Waals surface area contributed by atoms with Gasteiger partial charge in [-0.15, -0.1) is 0 Å². The van der Waals surface area contributed by atoms with Gasteiger partial charge in [0.25, 0.3) is 0 Å². The molecule has 53 heavy (non-hydrogen) atoms. The van der Waals surface area contributed by atoms with Crippen molar-refractivity contribution in [2.24, 2.45) is 23.7 Å². The molecular weight excluding hydrogens is 692 g/mol. The third-order valence-corrected chi connectivity index (χ3v) is 11.0. The molecule has 3 aromatic rings. The van der Waals surface area contributed by atoms with Crippen LogP contribution in [0.25, 0.3) is 10.9 Å². The van der Waals surface area contributed by atoms with Crippen LogP contribution in [0.5, 0.6) is 0 Å². The number of aromatic nitrogens is 1. The average molecular weight is 745 g/mol. The van der Waals surface area contributed by atoms with Crippen molar-refractivity contribution in [2.45, 2.75) is 97.2 Å². The van der Waals surface area contributed by atoms with E-state index < -0.39 is 41.0 Å². The maximum absolute atomic E-state index is 14.7. The first-order valence-electron chi connectivity index (χ1n) is 18.6. The van der Waals surface area contributed by atoms with E-state index in [0.29, 0.717) is 35.9 Å². The number of hydrogen-bond donors (Lipinski definition) is 5. The normalized spacial score (nSPS) is 18.1. The van der Waals surface area contributed by atoms with E-state index in [-0.39, 0.29) is 98.6 Å². The smallest absolute Gasteiger partial charge is 0.396 e. The number of aryl methyl sites for hydroxylation is 1. The number of H-pyrrole nitrogens is 1. The number of para-hydroxylation sites is 1. The fraction of sp³-hybridized carbons (Fsp3) is 0.550. The van der Waals surface area contributed by atoms with Crippen LogP contribution >= 0.6 is 0 Å². The van der Waals surface area contributed by atoms with Crippen molar-refractivity contribution in [3.05, 3.63) is 70.7 Å². The third kappa shape index (κ3) is 10.2. The van der Waals surface area contributed by atoms with Gasteiger partial charge in [0, 0.05) is 62.4 Å². The number of nitrogens with one attached hydrogen (secondary N) is 4. The summed E-state index contributed by atoms with van der Waals surface area (Å²) in [5, 5.41) is 17.9. The first kappa shape index (κ1) is 41.5. The number of ketones is 2. The van der Waals surface area contributed by atoms with Crippen molar-refractivity contribution in [2.75, 3.05) is 19.7 Å². The average Bonchev–Trinajstić information content (AvgIpc) is 3.49. The summed E-state index contributed by atoms with van der Waals surface area (Å²) in [6, 6.07) is 9.40. The molecule has 1 aliphatic carbocycles. The molecule has 13 heteroatoms. The Labute approximate surface area is 308 Å². The molecule has 0 spiro atoms. The van der Waals surface area contributed by atoms with Gasteiger partial charge in [-0.2, -0.15) is 13.2 Å². The van der Waals surface area contributed by atoms with Crippen LogP contribution in [0.15, 0.2) is 42.5 Å². The van der Waals surface area contributed by atoms with Crippen LogP contribution in [0.1, 0.15) is 88.6 Å². The second-order valence-corrected chi connectivity index (χ2v) is 14.5. The van der Waals surface area contributed by atoms with Crippen LogP contribution in [0.4, 0.5) is 22.4 Å². The lowest BCUT2D eigenvalue weighted by molar-refractivity contribution is -0.137. The van der Waals surface area contributed by atoms with E-state index in [9.17, 15) is 36.7 Å². The van der Waals surface area contributed by atoms with Crippen molar-refractivity contribution in [1.29, 1.82) is 0 Å². The van der Waals surface area contributed by atoms with Crippen LogP contribution in [0.2, 0.25) is 0 Å². The summed E-state index contributed by atoms with van der Waals surface area (Å²) in [7, 11) is 0. The molecule has 1 aromatic heterocycles. The number of amides is 3. The number of aliphatic hydroxyl groups excluding tert-OH is 1. The number of aliphatic hydroxyl groups is 1. The summed E-state index contributed by atoms with van der Waals surface area (Å²) in [6.45, 7) is 8.00. The maximum atomic E-state index is 14.7. The van der Waals surface area contributed by atoms with Gasteiger partial charge in [-0.05, 0) is 60.3 Å². The number of carbonyl (C=O) groups is 4. The van der Waals surface area contributed by atoms with Crippen LogP contribution in [0.3, 0.4) is 0 Å². The van der Waals surface area contributed by atoms with Gasteiger partial charge < -0.3 is 26.0 Å². The second-order valence-electron chi connectivity index (χ2n) is 14.5. The number of benzene rings is 2. The summed E-state index contributed by atoms with van der Waals surface area (Å²) in [6.07, 6.45) is -3.18. The van der Waals surface area contributed by atoms with E-state index in [1.807, 2.05) is 27.7 Å². The zero-order valence-electron chi connectivity index (χ0n) is 30.9. The van der Waals surface area contributed by atoms with Gasteiger partial charge >= 0.3 is 12.2 Å². The monoisotopic (exact) mass is 744 g/mol. The summed E-state index contributed by atoms with van der Waals surface area (Å²) in [5.41, 5.74) is -1.11. The van der Waals surface area contributed by atoms with Gasteiger partial charge in [-0.25, -0.2) is 9.18 Å². The van der Waals surface area contributed by atoms with E-state index in [1.165, 1.54) is 24.3 Å². The molecule has 3 amide bonds. The molecular formula is C40H52F4N4O5. The quantitative estimate of drug-likeness (QED) is 0.0718. The number of fused-ring (bicyclic) bond motifs is 3. The fourth-order valence-electron chi connectivity index (χ4n) is 7.27. The third-order valence-electron chi connectivity index (χ3n) is 11.0. The maximum Gasteiger partial charge on any atom is 0.418 e. The lowest BCUT2D eigenvalue weighted by Gasteiger charge is -2.40. The molecule has 0 aliphatic heterocycles. The molecule has 0 fully saturated rings. The Bertz CT molecular complexity index is 1760. The minimum absolute atomic E-state index is 0.0186. The number of hydrogen-bond acceptors (Lipinski definition) is 5. The van der Waals surface area contributed by atoms with Crippen LogP contribution < -0.4 is 16.0 Å². The van der Waals surface area contributed by atoms with Crippen molar-refractivity contribution in [3.63, 3.8) is 0 Å².